The monoisotopic (exact) mass is 244 g/mol. The summed E-state index contributed by atoms with van der Waals surface area (Å²) in [6, 6.07) is 5.00. The normalized spacial score (nSPS) is 10.1. The average molecular weight is 244 g/mol. The number of hydrogen-bond donors (Lipinski definition) is 1. The Bertz CT molecular complexity index is 552. The number of aromatic carboxylic acids is 1. The van der Waals surface area contributed by atoms with Crippen molar-refractivity contribution in [2.75, 3.05) is 0 Å². The van der Waals surface area contributed by atoms with Crippen LogP contribution < -0.4 is 4.74 Å². The van der Waals surface area contributed by atoms with Crippen LogP contribution in [0.4, 0.5) is 0 Å². The summed E-state index contributed by atoms with van der Waals surface area (Å²) in [6.07, 6.45) is 4.65. The summed E-state index contributed by atoms with van der Waals surface area (Å²) < 4.78 is 5.55. The maximum atomic E-state index is 10.7. The van der Waals surface area contributed by atoms with Gasteiger partial charge < -0.3 is 9.84 Å². The third-order valence-electron chi connectivity index (χ3n) is 2.44. The van der Waals surface area contributed by atoms with Gasteiger partial charge in [0.2, 0.25) is 0 Å². The molecule has 0 atom stereocenters. The van der Waals surface area contributed by atoms with Gasteiger partial charge in [-0.3, -0.25) is 9.97 Å². The van der Waals surface area contributed by atoms with Crippen LogP contribution in [0.1, 0.15) is 21.6 Å². The predicted octanol–water partition coefficient (Wildman–Crippen LogP) is 2.06. The molecule has 2 aromatic heterocycles. The molecule has 92 valence electrons. The van der Waals surface area contributed by atoms with Gasteiger partial charge in [0.25, 0.3) is 0 Å². The lowest BCUT2D eigenvalue weighted by atomic mass is 10.2. The first-order valence-electron chi connectivity index (χ1n) is 5.38. The molecule has 5 nitrogen and oxygen atoms in total. The molecule has 0 aromatic carbocycles. The molecule has 18 heavy (non-hydrogen) atoms. The predicted molar refractivity (Wildman–Crippen MR) is 64.5 cm³/mol. The van der Waals surface area contributed by atoms with Crippen molar-refractivity contribution in [2.45, 2.75) is 13.5 Å². The molecule has 0 aliphatic heterocycles. The molecule has 1 N–H and O–H groups in total. The minimum atomic E-state index is -0.988. The van der Waals surface area contributed by atoms with Crippen LogP contribution in [0.2, 0.25) is 0 Å². The molecule has 5 heteroatoms. The number of carboxylic acids is 1. The molecule has 0 amide bonds. The third-order valence-corrected chi connectivity index (χ3v) is 2.44. The topological polar surface area (TPSA) is 72.3 Å². The fourth-order valence-electron chi connectivity index (χ4n) is 1.39. The second kappa shape index (κ2) is 5.27. The Hall–Kier alpha value is -2.43. The van der Waals surface area contributed by atoms with Crippen molar-refractivity contribution in [3.63, 3.8) is 0 Å². The van der Waals surface area contributed by atoms with E-state index < -0.39 is 5.97 Å². The van der Waals surface area contributed by atoms with Gasteiger partial charge in [-0.2, -0.15) is 0 Å². The summed E-state index contributed by atoms with van der Waals surface area (Å²) in [5.41, 5.74) is 1.83. The number of ether oxygens (including phenoxy) is 1. The molecule has 0 aliphatic carbocycles. The van der Waals surface area contributed by atoms with Crippen molar-refractivity contribution in [1.82, 2.24) is 9.97 Å². The van der Waals surface area contributed by atoms with Gasteiger partial charge in [-0.15, -0.1) is 0 Å². The summed E-state index contributed by atoms with van der Waals surface area (Å²) in [7, 11) is 0. The highest BCUT2D eigenvalue weighted by atomic mass is 16.5. The maximum Gasteiger partial charge on any atom is 0.337 e. The van der Waals surface area contributed by atoms with Crippen LogP contribution in [0, 0.1) is 6.92 Å². The molecule has 2 rings (SSSR count). The zero-order valence-corrected chi connectivity index (χ0v) is 9.83. The Morgan fingerprint density at radius 2 is 2.17 bits per heavy atom. The van der Waals surface area contributed by atoms with Gasteiger partial charge in [0.15, 0.2) is 0 Å². The number of aryl methyl sites for hydroxylation is 1. The van der Waals surface area contributed by atoms with Crippen LogP contribution in [0.3, 0.4) is 0 Å². The average Bonchev–Trinajstić information content (AvgIpc) is 2.38. The van der Waals surface area contributed by atoms with Gasteiger partial charge in [-0.05, 0) is 30.7 Å². The molecule has 2 aromatic rings. The van der Waals surface area contributed by atoms with Crippen molar-refractivity contribution in [3.8, 4) is 5.75 Å². The van der Waals surface area contributed by atoms with E-state index in [0.717, 1.165) is 5.56 Å². The Kier molecular flexibility index (Phi) is 3.52. The fraction of sp³-hybridized carbons (Fsp3) is 0.154. The van der Waals surface area contributed by atoms with Crippen molar-refractivity contribution in [1.29, 1.82) is 0 Å². The summed E-state index contributed by atoms with van der Waals surface area (Å²) in [5.74, 6) is -0.292. The second-order valence-corrected chi connectivity index (χ2v) is 3.77. The molecule has 0 aliphatic rings. The van der Waals surface area contributed by atoms with Gasteiger partial charge in [0, 0.05) is 12.4 Å². The number of pyridine rings is 2. The number of hydrogen-bond acceptors (Lipinski definition) is 4. The van der Waals surface area contributed by atoms with E-state index in [-0.39, 0.29) is 12.2 Å². The highest BCUT2D eigenvalue weighted by Crippen LogP contribution is 2.15. The highest BCUT2D eigenvalue weighted by molar-refractivity contribution is 5.87. The summed E-state index contributed by atoms with van der Waals surface area (Å²) in [6.45, 7) is 2.21. The minimum absolute atomic E-state index is 0.163. The Balaban J connectivity index is 2.02. The van der Waals surface area contributed by atoms with E-state index in [2.05, 4.69) is 9.97 Å². The molecule has 0 radical (unpaired) electrons. The lowest BCUT2D eigenvalue weighted by molar-refractivity contribution is 0.0696. The van der Waals surface area contributed by atoms with Crippen molar-refractivity contribution < 1.29 is 14.6 Å². The fourth-order valence-corrected chi connectivity index (χ4v) is 1.39. The smallest absolute Gasteiger partial charge is 0.337 e. The third kappa shape index (κ3) is 2.82. The van der Waals surface area contributed by atoms with Crippen LogP contribution in [-0.4, -0.2) is 21.0 Å². The largest absolute Gasteiger partial charge is 0.485 e. The first-order valence-corrected chi connectivity index (χ1v) is 5.38. The molecule has 0 spiro atoms. The SMILES string of the molecule is Cc1ccncc1OCc1ccc(C(=O)O)cn1. The maximum absolute atomic E-state index is 10.7. The van der Waals surface area contributed by atoms with Gasteiger partial charge in [-0.1, -0.05) is 0 Å². The van der Waals surface area contributed by atoms with E-state index in [0.29, 0.717) is 11.4 Å². The molecule has 0 saturated heterocycles. The van der Waals surface area contributed by atoms with Crippen LogP contribution in [0.5, 0.6) is 5.75 Å². The zero-order chi connectivity index (χ0) is 13.0. The molecule has 0 bridgehead atoms. The number of carboxylic acid groups (broad SMARTS) is 1. The summed E-state index contributed by atoms with van der Waals surface area (Å²) in [4.78, 5) is 18.6. The van der Waals surface area contributed by atoms with Crippen molar-refractivity contribution in [3.05, 3.63) is 53.6 Å². The van der Waals surface area contributed by atoms with E-state index in [1.165, 1.54) is 12.3 Å². The van der Waals surface area contributed by atoms with E-state index in [9.17, 15) is 4.79 Å². The Morgan fingerprint density at radius 1 is 1.33 bits per heavy atom. The van der Waals surface area contributed by atoms with E-state index in [4.69, 9.17) is 9.84 Å². The Labute approximate surface area is 104 Å². The molecular formula is C13H12N2O3. The highest BCUT2D eigenvalue weighted by Gasteiger charge is 2.04. The quantitative estimate of drug-likeness (QED) is 0.891. The second-order valence-electron chi connectivity index (χ2n) is 3.77. The zero-order valence-electron chi connectivity index (χ0n) is 9.83. The minimum Gasteiger partial charge on any atom is -0.485 e. The van der Waals surface area contributed by atoms with E-state index >= 15 is 0 Å². The number of rotatable bonds is 4. The summed E-state index contributed by atoms with van der Waals surface area (Å²) >= 11 is 0. The number of nitrogens with zero attached hydrogens (tertiary/aromatic N) is 2. The number of aromatic nitrogens is 2. The van der Waals surface area contributed by atoms with Gasteiger partial charge >= 0.3 is 5.97 Å². The van der Waals surface area contributed by atoms with Gasteiger partial charge in [-0.25, -0.2) is 4.79 Å². The van der Waals surface area contributed by atoms with Crippen LogP contribution >= 0.6 is 0 Å². The lowest BCUT2D eigenvalue weighted by Crippen LogP contribution is -2.02. The molecule has 0 unspecified atom stereocenters. The van der Waals surface area contributed by atoms with E-state index in [1.54, 1.807) is 18.5 Å². The molecule has 2 heterocycles. The first kappa shape index (κ1) is 12.0. The Morgan fingerprint density at radius 3 is 2.78 bits per heavy atom. The standard InChI is InChI=1S/C13H12N2O3/c1-9-4-5-14-7-12(9)18-8-11-3-2-10(6-15-11)13(16)17/h2-7H,8H2,1H3,(H,16,17). The van der Waals surface area contributed by atoms with Crippen LogP contribution in [0.15, 0.2) is 36.8 Å². The van der Waals surface area contributed by atoms with Gasteiger partial charge in [0.1, 0.15) is 12.4 Å². The van der Waals surface area contributed by atoms with Crippen molar-refractivity contribution in [2.24, 2.45) is 0 Å². The number of carbonyl (C=O) groups is 1. The molecule has 0 saturated carbocycles. The van der Waals surface area contributed by atoms with Crippen molar-refractivity contribution >= 4 is 5.97 Å². The van der Waals surface area contributed by atoms with E-state index in [1.807, 2.05) is 13.0 Å². The first-order chi connectivity index (χ1) is 8.66. The van der Waals surface area contributed by atoms with Gasteiger partial charge in [0.05, 0.1) is 17.5 Å². The molecule has 0 fully saturated rings. The van der Waals surface area contributed by atoms with Crippen LogP contribution in [0.25, 0.3) is 0 Å². The summed E-state index contributed by atoms with van der Waals surface area (Å²) in [5, 5.41) is 8.74. The lowest BCUT2D eigenvalue weighted by Gasteiger charge is -2.07. The van der Waals surface area contributed by atoms with Crippen LogP contribution in [-0.2, 0) is 6.61 Å². The molecular weight excluding hydrogens is 232 g/mol.